The van der Waals surface area contributed by atoms with Crippen LogP contribution in [0.25, 0.3) is 0 Å². The predicted octanol–water partition coefficient (Wildman–Crippen LogP) is 0.541. The molecule has 0 unspecified atom stereocenters. The number of hydrogen-bond acceptors (Lipinski definition) is 2. The number of hydrogen-bond donors (Lipinski definition) is 2. The van der Waals surface area contributed by atoms with E-state index in [9.17, 15) is 4.79 Å². The summed E-state index contributed by atoms with van der Waals surface area (Å²) in [6.45, 7) is 6.35. The van der Waals surface area contributed by atoms with Crippen molar-refractivity contribution < 1.29 is 4.79 Å². The number of nitrogens with one attached hydrogen (secondary N) is 2. The highest BCUT2D eigenvalue weighted by Gasteiger charge is 2.30. The fraction of sp³-hybridized carbons (Fsp3) is 0.900. The quantitative estimate of drug-likeness (QED) is 0.693. The third kappa shape index (κ3) is 2.38. The largest absolute Gasteiger partial charge is 0.335 e. The molecule has 0 spiro atoms. The lowest BCUT2D eigenvalue weighted by Gasteiger charge is -2.42. The van der Waals surface area contributed by atoms with Crippen molar-refractivity contribution in [3.8, 4) is 0 Å². The third-order valence-corrected chi connectivity index (χ3v) is 2.89. The Labute approximate surface area is 85.0 Å². The Hall–Kier alpha value is -0.770. The number of carbonyl (C=O) groups is 1. The van der Waals surface area contributed by atoms with Crippen molar-refractivity contribution in [1.29, 1.82) is 0 Å². The Morgan fingerprint density at radius 1 is 1.21 bits per heavy atom. The molecule has 1 saturated carbocycles. The first-order chi connectivity index (χ1) is 6.65. The second-order valence-electron chi connectivity index (χ2n) is 4.64. The van der Waals surface area contributed by atoms with Crippen LogP contribution in [0, 0.1) is 0 Å². The molecule has 0 bridgehead atoms. The van der Waals surface area contributed by atoms with Gasteiger partial charge in [0.15, 0.2) is 0 Å². The zero-order valence-electron chi connectivity index (χ0n) is 8.92. The summed E-state index contributed by atoms with van der Waals surface area (Å²) in [7, 11) is 0. The Morgan fingerprint density at radius 2 is 1.79 bits per heavy atom. The molecule has 1 aliphatic carbocycles. The topological polar surface area (TPSA) is 44.4 Å². The van der Waals surface area contributed by atoms with E-state index in [1.807, 2.05) is 0 Å². The van der Waals surface area contributed by atoms with Crippen LogP contribution in [-0.2, 0) is 0 Å². The molecule has 2 fully saturated rings. The SMILES string of the molecule is CC(C)N1CC(NC(=O)NC2CC2)C1. The van der Waals surface area contributed by atoms with Gasteiger partial charge in [-0.1, -0.05) is 0 Å². The van der Waals surface area contributed by atoms with Crippen molar-refractivity contribution in [3.63, 3.8) is 0 Å². The first-order valence-corrected chi connectivity index (χ1v) is 5.46. The van der Waals surface area contributed by atoms with Crippen LogP contribution in [0.4, 0.5) is 4.79 Å². The van der Waals surface area contributed by atoms with Gasteiger partial charge in [0.2, 0.25) is 0 Å². The number of carbonyl (C=O) groups excluding carboxylic acids is 1. The molecule has 2 aliphatic rings. The minimum Gasteiger partial charge on any atom is -0.335 e. The maximum Gasteiger partial charge on any atom is 0.315 e. The van der Waals surface area contributed by atoms with E-state index in [1.165, 1.54) is 0 Å². The molecule has 0 aromatic heterocycles. The molecule has 4 heteroatoms. The first kappa shape index (κ1) is 9.77. The monoisotopic (exact) mass is 197 g/mol. The highest BCUT2D eigenvalue weighted by Crippen LogP contribution is 2.18. The fourth-order valence-corrected chi connectivity index (χ4v) is 1.67. The van der Waals surface area contributed by atoms with Gasteiger partial charge in [0.25, 0.3) is 0 Å². The van der Waals surface area contributed by atoms with Crippen LogP contribution < -0.4 is 10.6 Å². The van der Waals surface area contributed by atoms with Crippen LogP contribution >= 0.6 is 0 Å². The second-order valence-corrected chi connectivity index (χ2v) is 4.64. The predicted molar refractivity (Wildman–Crippen MR) is 55.2 cm³/mol. The summed E-state index contributed by atoms with van der Waals surface area (Å²) in [6, 6.07) is 1.42. The second kappa shape index (κ2) is 3.77. The summed E-state index contributed by atoms with van der Waals surface area (Å²) in [5.41, 5.74) is 0. The van der Waals surface area contributed by atoms with E-state index < -0.39 is 0 Å². The fourth-order valence-electron chi connectivity index (χ4n) is 1.67. The van der Waals surface area contributed by atoms with Crippen LogP contribution in [0.3, 0.4) is 0 Å². The van der Waals surface area contributed by atoms with Gasteiger partial charge in [-0.25, -0.2) is 4.79 Å². The number of likely N-dealkylation sites (tertiary alicyclic amines) is 1. The Kier molecular flexibility index (Phi) is 2.63. The number of nitrogens with zero attached hydrogens (tertiary/aromatic N) is 1. The van der Waals surface area contributed by atoms with E-state index in [0.29, 0.717) is 18.1 Å². The van der Waals surface area contributed by atoms with Crippen molar-refractivity contribution in [2.75, 3.05) is 13.1 Å². The molecule has 1 aliphatic heterocycles. The van der Waals surface area contributed by atoms with Crippen molar-refractivity contribution in [1.82, 2.24) is 15.5 Å². The van der Waals surface area contributed by atoms with Crippen LogP contribution in [0.15, 0.2) is 0 Å². The average molecular weight is 197 g/mol. The highest BCUT2D eigenvalue weighted by molar-refractivity contribution is 5.75. The zero-order valence-corrected chi connectivity index (χ0v) is 8.92. The number of urea groups is 1. The van der Waals surface area contributed by atoms with Crippen molar-refractivity contribution >= 4 is 6.03 Å². The van der Waals surface area contributed by atoms with Gasteiger partial charge in [-0.15, -0.1) is 0 Å². The normalized spacial score (nSPS) is 23.4. The zero-order chi connectivity index (χ0) is 10.1. The molecule has 4 nitrogen and oxygen atoms in total. The molecule has 0 aromatic rings. The third-order valence-electron chi connectivity index (χ3n) is 2.89. The summed E-state index contributed by atoms with van der Waals surface area (Å²) in [6.07, 6.45) is 2.30. The van der Waals surface area contributed by atoms with Crippen molar-refractivity contribution in [2.24, 2.45) is 0 Å². The molecular formula is C10H19N3O. The van der Waals surface area contributed by atoms with Crippen LogP contribution in [0.2, 0.25) is 0 Å². The molecule has 1 heterocycles. The summed E-state index contributed by atoms with van der Waals surface area (Å²) in [4.78, 5) is 13.7. The lowest BCUT2D eigenvalue weighted by Crippen LogP contribution is -2.62. The van der Waals surface area contributed by atoms with Gasteiger partial charge in [0, 0.05) is 25.2 Å². The molecule has 80 valence electrons. The molecule has 2 N–H and O–H groups in total. The summed E-state index contributed by atoms with van der Waals surface area (Å²) >= 11 is 0. The molecule has 0 aromatic carbocycles. The van der Waals surface area contributed by atoms with Gasteiger partial charge in [-0.05, 0) is 26.7 Å². The molecule has 2 rings (SSSR count). The van der Waals surface area contributed by atoms with E-state index in [1.54, 1.807) is 0 Å². The first-order valence-electron chi connectivity index (χ1n) is 5.46. The molecule has 0 radical (unpaired) electrons. The lowest BCUT2D eigenvalue weighted by molar-refractivity contribution is 0.0961. The van der Waals surface area contributed by atoms with E-state index >= 15 is 0 Å². The lowest BCUT2D eigenvalue weighted by atomic mass is 10.1. The molecule has 2 amide bonds. The number of rotatable bonds is 3. The molecule has 1 saturated heterocycles. The average Bonchev–Trinajstić information content (AvgIpc) is 2.78. The van der Waals surface area contributed by atoms with Crippen LogP contribution in [0.5, 0.6) is 0 Å². The Bertz CT molecular complexity index is 219. The summed E-state index contributed by atoms with van der Waals surface area (Å²) < 4.78 is 0. The number of amides is 2. The van der Waals surface area contributed by atoms with E-state index in [-0.39, 0.29) is 6.03 Å². The maximum atomic E-state index is 11.3. The smallest absolute Gasteiger partial charge is 0.315 e. The molecular weight excluding hydrogens is 178 g/mol. The Morgan fingerprint density at radius 3 is 2.29 bits per heavy atom. The van der Waals surface area contributed by atoms with Crippen LogP contribution in [-0.4, -0.2) is 42.1 Å². The molecule has 0 atom stereocenters. The van der Waals surface area contributed by atoms with E-state index in [0.717, 1.165) is 25.9 Å². The summed E-state index contributed by atoms with van der Waals surface area (Å²) in [5, 5.41) is 5.91. The van der Waals surface area contributed by atoms with Gasteiger partial charge in [-0.3, -0.25) is 4.90 Å². The minimum absolute atomic E-state index is 0.0147. The molecule has 14 heavy (non-hydrogen) atoms. The maximum absolute atomic E-state index is 11.3. The van der Waals surface area contributed by atoms with Gasteiger partial charge in [0.05, 0.1) is 6.04 Å². The van der Waals surface area contributed by atoms with Crippen LogP contribution in [0.1, 0.15) is 26.7 Å². The highest BCUT2D eigenvalue weighted by atomic mass is 16.2. The van der Waals surface area contributed by atoms with Gasteiger partial charge in [0.1, 0.15) is 0 Å². The van der Waals surface area contributed by atoms with Gasteiger partial charge < -0.3 is 10.6 Å². The van der Waals surface area contributed by atoms with Gasteiger partial charge in [-0.2, -0.15) is 0 Å². The van der Waals surface area contributed by atoms with Crippen molar-refractivity contribution in [3.05, 3.63) is 0 Å². The Balaban J connectivity index is 1.60. The van der Waals surface area contributed by atoms with Gasteiger partial charge >= 0.3 is 6.03 Å². The standard InChI is InChI=1S/C10H19N3O/c1-7(2)13-5-9(6-13)12-10(14)11-8-3-4-8/h7-9H,3-6H2,1-2H3,(H2,11,12,14). The summed E-state index contributed by atoms with van der Waals surface area (Å²) in [5.74, 6) is 0. The van der Waals surface area contributed by atoms with E-state index in [2.05, 4.69) is 29.4 Å². The van der Waals surface area contributed by atoms with E-state index in [4.69, 9.17) is 0 Å². The minimum atomic E-state index is 0.0147. The van der Waals surface area contributed by atoms with Crippen molar-refractivity contribution in [2.45, 2.75) is 44.8 Å².